The van der Waals surface area contributed by atoms with Gasteiger partial charge >= 0.3 is 0 Å². The van der Waals surface area contributed by atoms with Crippen molar-refractivity contribution in [2.45, 2.75) is 24.2 Å². The summed E-state index contributed by atoms with van der Waals surface area (Å²) in [5.41, 5.74) is 1.39. The molecular formula is C21H23FN4O3S. The summed E-state index contributed by atoms with van der Waals surface area (Å²) >= 11 is 0. The van der Waals surface area contributed by atoms with Crippen LogP contribution in [0.2, 0.25) is 0 Å². The van der Waals surface area contributed by atoms with Crippen molar-refractivity contribution in [1.29, 1.82) is 5.26 Å². The number of nitrogens with zero attached hydrogens (tertiary/aromatic N) is 3. The number of hydrogen-bond acceptors (Lipinski definition) is 5. The van der Waals surface area contributed by atoms with Gasteiger partial charge in [-0.2, -0.15) is 9.57 Å². The average Bonchev–Trinajstić information content (AvgIpc) is 2.74. The van der Waals surface area contributed by atoms with Gasteiger partial charge in [-0.25, -0.2) is 12.8 Å². The minimum absolute atomic E-state index is 0.0171. The van der Waals surface area contributed by atoms with Crippen LogP contribution in [0.25, 0.3) is 0 Å². The zero-order chi connectivity index (χ0) is 21.7. The predicted octanol–water partition coefficient (Wildman–Crippen LogP) is 2.95. The van der Waals surface area contributed by atoms with Gasteiger partial charge in [-0.05, 0) is 61.7 Å². The maximum absolute atomic E-state index is 13.8. The van der Waals surface area contributed by atoms with Gasteiger partial charge in [0.15, 0.2) is 0 Å². The largest absolute Gasteiger partial charge is 0.370 e. The van der Waals surface area contributed by atoms with Crippen LogP contribution in [0.5, 0.6) is 0 Å². The highest BCUT2D eigenvalue weighted by Gasteiger charge is 2.24. The summed E-state index contributed by atoms with van der Waals surface area (Å²) < 4.78 is 40.1. The van der Waals surface area contributed by atoms with Crippen LogP contribution < -0.4 is 10.2 Å². The van der Waals surface area contributed by atoms with Gasteiger partial charge in [-0.3, -0.25) is 4.79 Å². The van der Waals surface area contributed by atoms with Gasteiger partial charge in [0.2, 0.25) is 15.9 Å². The fourth-order valence-electron chi connectivity index (χ4n) is 3.38. The summed E-state index contributed by atoms with van der Waals surface area (Å²) in [6.45, 7) is 1.21. The van der Waals surface area contributed by atoms with Gasteiger partial charge in [0.1, 0.15) is 5.82 Å². The molecule has 1 aliphatic heterocycles. The first-order chi connectivity index (χ1) is 14.3. The van der Waals surface area contributed by atoms with Crippen molar-refractivity contribution in [2.24, 2.45) is 0 Å². The third kappa shape index (κ3) is 4.96. The number of hydrogen-bond donors (Lipinski definition) is 1. The Morgan fingerprint density at radius 3 is 2.47 bits per heavy atom. The fourth-order valence-corrected chi connectivity index (χ4v) is 4.50. The molecule has 0 unspecified atom stereocenters. The number of amides is 1. The lowest BCUT2D eigenvalue weighted by Crippen LogP contribution is -2.35. The Kier molecular flexibility index (Phi) is 6.70. The maximum Gasteiger partial charge on any atom is 0.243 e. The minimum Gasteiger partial charge on any atom is -0.370 e. The van der Waals surface area contributed by atoms with Crippen LogP contribution in [0.4, 0.5) is 15.8 Å². The average molecular weight is 431 g/mol. The normalized spacial score (nSPS) is 14.4. The Balaban J connectivity index is 1.73. The van der Waals surface area contributed by atoms with Gasteiger partial charge in [-0.15, -0.1) is 0 Å². The standard InChI is InChI=1S/C21H23FN4O3S/c1-25(30(28,29)18-8-5-16(14-23)6-9-18)15-21(27)24-19-13-17(22)7-10-20(19)26-11-3-2-4-12-26/h5-10,13H,2-4,11-12,15H2,1H3,(H,24,27). The predicted molar refractivity (Wildman–Crippen MR) is 112 cm³/mol. The van der Waals surface area contributed by atoms with E-state index < -0.39 is 28.3 Å². The van der Waals surface area contributed by atoms with E-state index in [2.05, 4.69) is 10.2 Å². The third-order valence-corrected chi connectivity index (χ3v) is 6.80. The van der Waals surface area contributed by atoms with Crippen LogP contribution in [0.1, 0.15) is 24.8 Å². The lowest BCUT2D eigenvalue weighted by atomic mass is 10.1. The number of benzene rings is 2. The zero-order valence-corrected chi connectivity index (χ0v) is 17.5. The van der Waals surface area contributed by atoms with E-state index >= 15 is 0 Å². The molecule has 0 spiro atoms. The van der Waals surface area contributed by atoms with Gasteiger partial charge < -0.3 is 10.2 Å². The van der Waals surface area contributed by atoms with Crippen molar-refractivity contribution >= 4 is 27.3 Å². The number of carbonyl (C=O) groups excluding carboxylic acids is 1. The second-order valence-corrected chi connectivity index (χ2v) is 9.20. The molecule has 0 saturated carbocycles. The minimum atomic E-state index is -3.91. The van der Waals surface area contributed by atoms with E-state index in [4.69, 9.17) is 5.26 Å². The molecule has 1 saturated heterocycles. The molecule has 30 heavy (non-hydrogen) atoms. The number of anilines is 2. The summed E-state index contributed by atoms with van der Waals surface area (Å²) in [6, 6.07) is 11.6. The van der Waals surface area contributed by atoms with Crippen molar-refractivity contribution < 1.29 is 17.6 Å². The second-order valence-electron chi connectivity index (χ2n) is 7.15. The van der Waals surface area contributed by atoms with Crippen molar-refractivity contribution in [2.75, 3.05) is 36.9 Å². The van der Waals surface area contributed by atoms with Gasteiger partial charge in [0, 0.05) is 20.1 Å². The SMILES string of the molecule is CN(CC(=O)Nc1cc(F)ccc1N1CCCCC1)S(=O)(=O)c1ccc(C#N)cc1. The molecule has 2 aromatic rings. The molecule has 0 bridgehead atoms. The van der Waals surface area contributed by atoms with Crippen LogP contribution in [0, 0.1) is 17.1 Å². The number of carbonyl (C=O) groups is 1. The summed E-state index contributed by atoms with van der Waals surface area (Å²) in [5.74, 6) is -1.05. The number of halogens is 1. The van der Waals surface area contributed by atoms with Crippen LogP contribution in [-0.2, 0) is 14.8 Å². The van der Waals surface area contributed by atoms with E-state index in [0.717, 1.165) is 42.3 Å². The molecule has 3 rings (SSSR count). The molecule has 1 N–H and O–H groups in total. The monoisotopic (exact) mass is 430 g/mol. The number of nitrogens with one attached hydrogen (secondary N) is 1. The van der Waals surface area contributed by atoms with E-state index in [1.807, 2.05) is 6.07 Å². The number of rotatable bonds is 6. The summed E-state index contributed by atoms with van der Waals surface area (Å²) in [6.07, 6.45) is 3.18. The fraction of sp³-hybridized carbons (Fsp3) is 0.333. The summed E-state index contributed by atoms with van der Waals surface area (Å²) in [7, 11) is -2.62. The molecule has 1 aliphatic rings. The second kappa shape index (κ2) is 9.24. The number of nitriles is 1. The van der Waals surface area contributed by atoms with Crippen molar-refractivity contribution in [1.82, 2.24) is 4.31 Å². The van der Waals surface area contributed by atoms with E-state index in [0.29, 0.717) is 11.3 Å². The highest BCUT2D eigenvalue weighted by atomic mass is 32.2. The Morgan fingerprint density at radius 2 is 1.83 bits per heavy atom. The Labute approximate surface area is 175 Å². The summed E-state index contributed by atoms with van der Waals surface area (Å²) in [4.78, 5) is 14.6. The molecule has 158 valence electrons. The highest BCUT2D eigenvalue weighted by Crippen LogP contribution is 2.29. The molecule has 0 atom stereocenters. The van der Waals surface area contributed by atoms with Crippen molar-refractivity contribution in [3.05, 3.63) is 53.8 Å². The molecule has 9 heteroatoms. The molecule has 0 radical (unpaired) electrons. The molecule has 1 fully saturated rings. The van der Waals surface area contributed by atoms with Crippen LogP contribution in [0.15, 0.2) is 47.4 Å². The Morgan fingerprint density at radius 1 is 1.17 bits per heavy atom. The lowest BCUT2D eigenvalue weighted by Gasteiger charge is -2.30. The molecule has 1 amide bonds. The lowest BCUT2D eigenvalue weighted by molar-refractivity contribution is -0.116. The van der Waals surface area contributed by atoms with Crippen LogP contribution in [0.3, 0.4) is 0 Å². The van der Waals surface area contributed by atoms with Gasteiger partial charge in [0.25, 0.3) is 0 Å². The number of likely N-dealkylation sites (N-methyl/N-ethyl adjacent to an activating group) is 1. The number of sulfonamides is 1. The molecular weight excluding hydrogens is 407 g/mol. The first-order valence-corrected chi connectivity index (χ1v) is 11.1. The molecule has 0 aromatic heterocycles. The van der Waals surface area contributed by atoms with Crippen molar-refractivity contribution in [3.63, 3.8) is 0 Å². The zero-order valence-electron chi connectivity index (χ0n) is 16.6. The molecule has 2 aromatic carbocycles. The summed E-state index contributed by atoms with van der Waals surface area (Å²) in [5, 5.41) is 11.5. The Bertz CT molecular complexity index is 1060. The van der Waals surface area contributed by atoms with E-state index in [-0.39, 0.29) is 4.90 Å². The van der Waals surface area contributed by atoms with E-state index in [1.165, 1.54) is 43.4 Å². The third-order valence-electron chi connectivity index (χ3n) is 4.99. The van der Waals surface area contributed by atoms with Crippen molar-refractivity contribution in [3.8, 4) is 6.07 Å². The first-order valence-electron chi connectivity index (χ1n) is 9.62. The van der Waals surface area contributed by atoms with Gasteiger partial charge in [-0.1, -0.05) is 0 Å². The molecule has 0 aliphatic carbocycles. The number of piperidine rings is 1. The Hall–Kier alpha value is -2.96. The first kappa shape index (κ1) is 21.7. The topological polar surface area (TPSA) is 93.5 Å². The smallest absolute Gasteiger partial charge is 0.243 e. The van der Waals surface area contributed by atoms with E-state index in [1.54, 1.807) is 6.07 Å². The van der Waals surface area contributed by atoms with E-state index in [9.17, 15) is 17.6 Å². The molecule has 7 nitrogen and oxygen atoms in total. The van der Waals surface area contributed by atoms with Gasteiger partial charge in [0.05, 0.1) is 34.4 Å². The molecule has 1 heterocycles. The van der Waals surface area contributed by atoms with Crippen LogP contribution in [-0.4, -0.2) is 45.3 Å². The quantitative estimate of drug-likeness (QED) is 0.761. The highest BCUT2D eigenvalue weighted by molar-refractivity contribution is 7.89. The van der Waals surface area contributed by atoms with Crippen LogP contribution >= 0.6 is 0 Å². The maximum atomic E-state index is 13.8.